The molecule has 0 radical (unpaired) electrons. The molecule has 0 saturated carbocycles. The highest BCUT2D eigenvalue weighted by Crippen LogP contribution is 2.41. The van der Waals surface area contributed by atoms with Gasteiger partial charge in [-0.05, 0) is 32.0 Å². The molecule has 0 aromatic heterocycles. The normalized spacial score (nSPS) is 31.5. The maximum atomic E-state index is 11.8. The lowest BCUT2D eigenvalue weighted by atomic mass is 9.92. The Labute approximate surface area is 140 Å². The summed E-state index contributed by atoms with van der Waals surface area (Å²) in [5.74, 6) is -0.952. The number of ketones is 2. The van der Waals surface area contributed by atoms with Gasteiger partial charge in [-0.1, -0.05) is 20.8 Å². The molecule has 0 unspecified atom stereocenters. The van der Waals surface area contributed by atoms with Gasteiger partial charge in [0.2, 0.25) is 0 Å². The zero-order valence-electron chi connectivity index (χ0n) is 15.3. The predicted molar refractivity (Wildman–Crippen MR) is 89.9 cm³/mol. The summed E-state index contributed by atoms with van der Waals surface area (Å²) in [5.41, 5.74) is 0. The highest BCUT2D eigenvalue weighted by Gasteiger charge is 2.52. The van der Waals surface area contributed by atoms with Crippen LogP contribution in [0.15, 0.2) is 0 Å². The first-order valence-electron chi connectivity index (χ1n) is 8.40. The summed E-state index contributed by atoms with van der Waals surface area (Å²) >= 11 is 0. The Morgan fingerprint density at radius 1 is 1.17 bits per heavy atom. The van der Waals surface area contributed by atoms with Crippen LogP contribution in [0.1, 0.15) is 41.0 Å². The minimum Gasteiger partial charge on any atom is -0.409 e. The van der Waals surface area contributed by atoms with E-state index in [0.29, 0.717) is 13.0 Å². The summed E-state index contributed by atoms with van der Waals surface area (Å²) < 4.78 is 18.4. The van der Waals surface area contributed by atoms with Crippen molar-refractivity contribution in [3.05, 3.63) is 0 Å². The zero-order chi connectivity index (χ0) is 17.6. The van der Waals surface area contributed by atoms with Crippen molar-refractivity contribution in [1.82, 2.24) is 0 Å². The Morgan fingerprint density at radius 2 is 1.74 bits per heavy atom. The maximum absolute atomic E-state index is 11.8. The van der Waals surface area contributed by atoms with Gasteiger partial charge >= 0.3 is 0 Å². The number of fused-ring (bicyclic) bond motifs is 1. The fraction of sp³-hybridized carbons (Fsp3) is 0.882. The SMILES string of the molecule is CC(=O)C(C(C)=O)[C@H]1C[C@@H]2OC[C@@H](O[Si](C)(C)C(C)(C)C)[C@@H]2O1. The summed E-state index contributed by atoms with van der Waals surface area (Å²) in [6.45, 7) is 14.5. The van der Waals surface area contributed by atoms with Crippen molar-refractivity contribution in [2.45, 2.75) is 83.6 Å². The smallest absolute Gasteiger partial charge is 0.192 e. The number of carbonyl (C=O) groups excluding carboxylic acids is 2. The molecule has 0 bridgehead atoms. The predicted octanol–water partition coefficient (Wildman–Crippen LogP) is 2.73. The molecule has 2 aliphatic heterocycles. The molecule has 2 aliphatic rings. The largest absolute Gasteiger partial charge is 0.409 e. The van der Waals surface area contributed by atoms with Gasteiger partial charge in [-0.25, -0.2) is 0 Å². The van der Waals surface area contributed by atoms with E-state index in [4.69, 9.17) is 13.9 Å². The Balaban J connectivity index is 2.07. The fourth-order valence-electron chi connectivity index (χ4n) is 3.19. The summed E-state index contributed by atoms with van der Waals surface area (Å²) in [6, 6.07) is 0. The maximum Gasteiger partial charge on any atom is 0.192 e. The van der Waals surface area contributed by atoms with E-state index in [9.17, 15) is 9.59 Å². The average molecular weight is 343 g/mol. The topological polar surface area (TPSA) is 61.8 Å². The van der Waals surface area contributed by atoms with Gasteiger partial charge in [0.25, 0.3) is 0 Å². The van der Waals surface area contributed by atoms with Crippen molar-refractivity contribution in [2.75, 3.05) is 6.61 Å². The lowest BCUT2D eigenvalue weighted by Crippen LogP contribution is -2.47. The molecular weight excluding hydrogens is 312 g/mol. The molecule has 2 saturated heterocycles. The minimum absolute atomic E-state index is 0.0732. The summed E-state index contributed by atoms with van der Waals surface area (Å²) in [7, 11) is -1.92. The average Bonchev–Trinajstić information content (AvgIpc) is 2.89. The molecule has 0 aliphatic carbocycles. The monoisotopic (exact) mass is 342 g/mol. The number of rotatable bonds is 5. The van der Waals surface area contributed by atoms with Gasteiger partial charge < -0.3 is 13.9 Å². The fourth-order valence-corrected chi connectivity index (χ4v) is 4.50. The minimum atomic E-state index is -1.92. The Hall–Kier alpha value is -0.563. The highest BCUT2D eigenvalue weighted by atomic mass is 28.4. The lowest BCUT2D eigenvalue weighted by molar-refractivity contribution is -0.137. The standard InChI is InChI=1S/C17H30O5Si/c1-10(18)15(11(2)19)12-8-13-16(21-12)14(9-20-13)22-23(6,7)17(3,4)5/h12-16H,8-9H2,1-7H3/t12-,13+,14-,16-/m1/s1. The third-order valence-corrected chi connectivity index (χ3v) is 10.0. The Morgan fingerprint density at radius 3 is 2.22 bits per heavy atom. The second kappa shape index (κ2) is 6.39. The number of Topliss-reactive ketones (excluding diaryl/α,β-unsaturated/α-hetero) is 2. The van der Waals surface area contributed by atoms with Crippen LogP contribution in [0.25, 0.3) is 0 Å². The first-order chi connectivity index (χ1) is 10.4. The van der Waals surface area contributed by atoms with E-state index in [0.717, 1.165) is 0 Å². The van der Waals surface area contributed by atoms with E-state index < -0.39 is 14.2 Å². The first kappa shape index (κ1) is 18.8. The molecule has 0 N–H and O–H groups in total. The molecule has 2 rings (SSSR count). The summed E-state index contributed by atoms with van der Waals surface area (Å²) in [5, 5.41) is 0.115. The van der Waals surface area contributed by atoms with Gasteiger partial charge in [0.05, 0.1) is 24.9 Å². The van der Waals surface area contributed by atoms with Crippen LogP contribution in [-0.2, 0) is 23.5 Å². The summed E-state index contributed by atoms with van der Waals surface area (Å²) in [4.78, 5) is 23.5. The van der Waals surface area contributed by atoms with Crippen LogP contribution < -0.4 is 0 Å². The van der Waals surface area contributed by atoms with Crippen molar-refractivity contribution in [3.63, 3.8) is 0 Å². The number of hydrogen-bond acceptors (Lipinski definition) is 5. The van der Waals surface area contributed by atoms with E-state index in [2.05, 4.69) is 33.9 Å². The Bertz CT molecular complexity index is 468. The molecule has 0 amide bonds. The zero-order valence-corrected chi connectivity index (χ0v) is 16.3. The van der Waals surface area contributed by atoms with Crippen molar-refractivity contribution in [2.24, 2.45) is 5.92 Å². The summed E-state index contributed by atoms with van der Waals surface area (Å²) in [6.07, 6.45) is -0.145. The van der Waals surface area contributed by atoms with Crippen molar-refractivity contribution in [3.8, 4) is 0 Å². The molecule has 5 nitrogen and oxygen atoms in total. The molecule has 0 aromatic rings. The molecule has 23 heavy (non-hydrogen) atoms. The van der Waals surface area contributed by atoms with Crippen LogP contribution in [-0.4, -0.2) is 50.9 Å². The quantitative estimate of drug-likeness (QED) is 0.568. The molecule has 132 valence electrons. The van der Waals surface area contributed by atoms with Gasteiger partial charge in [-0.15, -0.1) is 0 Å². The molecule has 2 fully saturated rings. The van der Waals surface area contributed by atoms with E-state index in [1.165, 1.54) is 13.8 Å². The molecule has 0 spiro atoms. The molecule has 4 atom stereocenters. The number of ether oxygens (including phenoxy) is 2. The van der Waals surface area contributed by atoms with Crippen molar-refractivity contribution in [1.29, 1.82) is 0 Å². The van der Waals surface area contributed by atoms with Crippen molar-refractivity contribution < 1.29 is 23.5 Å². The van der Waals surface area contributed by atoms with E-state index in [1.807, 2.05) is 0 Å². The van der Waals surface area contributed by atoms with Gasteiger partial charge in [-0.3, -0.25) is 9.59 Å². The number of carbonyl (C=O) groups is 2. The van der Waals surface area contributed by atoms with Crippen LogP contribution in [0.4, 0.5) is 0 Å². The third kappa shape index (κ3) is 3.76. The molecular formula is C17H30O5Si. The van der Waals surface area contributed by atoms with Gasteiger partial charge in [0, 0.05) is 6.42 Å². The second-order valence-corrected chi connectivity index (χ2v) is 13.1. The van der Waals surface area contributed by atoms with E-state index in [-0.39, 0.29) is 41.0 Å². The van der Waals surface area contributed by atoms with Crippen molar-refractivity contribution >= 4 is 19.9 Å². The lowest BCUT2D eigenvalue weighted by Gasteiger charge is -2.39. The van der Waals surface area contributed by atoms with Gasteiger partial charge in [0.15, 0.2) is 8.32 Å². The second-order valence-electron chi connectivity index (χ2n) is 8.36. The molecule has 2 heterocycles. The van der Waals surface area contributed by atoms with Crippen LogP contribution in [0, 0.1) is 5.92 Å². The third-order valence-electron chi connectivity index (χ3n) is 5.50. The van der Waals surface area contributed by atoms with E-state index in [1.54, 1.807) is 0 Å². The van der Waals surface area contributed by atoms with Gasteiger partial charge in [-0.2, -0.15) is 0 Å². The van der Waals surface area contributed by atoms with Crippen LogP contribution in [0.5, 0.6) is 0 Å². The molecule has 6 heteroatoms. The van der Waals surface area contributed by atoms with Crippen LogP contribution in [0.2, 0.25) is 18.1 Å². The number of hydrogen-bond donors (Lipinski definition) is 0. The van der Waals surface area contributed by atoms with Gasteiger partial charge in [0.1, 0.15) is 23.6 Å². The highest BCUT2D eigenvalue weighted by molar-refractivity contribution is 6.74. The first-order valence-corrected chi connectivity index (χ1v) is 11.3. The Kier molecular flexibility index (Phi) is 5.21. The van der Waals surface area contributed by atoms with Crippen LogP contribution >= 0.6 is 0 Å². The molecule has 0 aromatic carbocycles. The van der Waals surface area contributed by atoms with Crippen LogP contribution in [0.3, 0.4) is 0 Å². The van der Waals surface area contributed by atoms with E-state index >= 15 is 0 Å².